The van der Waals surface area contributed by atoms with Gasteiger partial charge in [0.15, 0.2) is 0 Å². The van der Waals surface area contributed by atoms with Crippen LogP contribution in [0.4, 0.5) is 27.1 Å². The molecule has 0 aromatic heterocycles. The molecule has 0 amide bonds. The monoisotopic (exact) mass is 531 g/mol. The van der Waals surface area contributed by atoms with E-state index in [4.69, 9.17) is 0 Å². The second-order valence-electron chi connectivity index (χ2n) is 8.17. The summed E-state index contributed by atoms with van der Waals surface area (Å²) in [5, 5.41) is 3.11. The van der Waals surface area contributed by atoms with Crippen LogP contribution >= 0.6 is 15.9 Å². The maximum Gasteiger partial charge on any atom is 0.245 e. The van der Waals surface area contributed by atoms with Crippen molar-refractivity contribution in [2.24, 2.45) is 0 Å². The first-order chi connectivity index (χ1) is 15.8. The van der Waals surface area contributed by atoms with Crippen molar-refractivity contribution in [1.29, 1.82) is 0 Å². The Balaban J connectivity index is 1.88. The first-order valence-electron chi connectivity index (χ1n) is 11.0. The highest BCUT2D eigenvalue weighted by atomic mass is 79.9. The number of anilines is 4. The quantitative estimate of drug-likeness (QED) is 0.386. The number of fused-ring (bicyclic) bond motifs is 1. The van der Waals surface area contributed by atoms with Gasteiger partial charge in [0.1, 0.15) is 10.7 Å². The van der Waals surface area contributed by atoms with Crippen molar-refractivity contribution < 1.29 is 12.8 Å². The number of nitrogens with one attached hydrogen (secondary N) is 1. The van der Waals surface area contributed by atoms with Gasteiger partial charge in [0.25, 0.3) is 0 Å². The molecule has 8 heteroatoms. The molecule has 0 spiro atoms. The van der Waals surface area contributed by atoms with Crippen molar-refractivity contribution in [3.63, 3.8) is 0 Å². The molecule has 174 valence electrons. The summed E-state index contributed by atoms with van der Waals surface area (Å²) < 4.78 is 43.6. The molecule has 1 N–H and O–H groups in total. The van der Waals surface area contributed by atoms with Crippen LogP contribution in [-0.4, -0.2) is 32.4 Å². The zero-order valence-electron chi connectivity index (χ0n) is 18.6. The average Bonchev–Trinajstić information content (AvgIpc) is 2.88. The van der Waals surface area contributed by atoms with E-state index in [9.17, 15) is 12.8 Å². The predicted molar refractivity (Wildman–Crippen MR) is 136 cm³/mol. The van der Waals surface area contributed by atoms with Crippen molar-refractivity contribution in [2.75, 3.05) is 23.8 Å². The van der Waals surface area contributed by atoms with Gasteiger partial charge in [-0.05, 0) is 58.7 Å². The molecule has 0 radical (unpaired) electrons. The number of halogens is 2. The number of rotatable bonds is 6. The van der Waals surface area contributed by atoms with Crippen LogP contribution in [0.25, 0.3) is 0 Å². The first-order valence-corrected chi connectivity index (χ1v) is 13.2. The van der Waals surface area contributed by atoms with Crippen molar-refractivity contribution in [2.45, 2.75) is 37.1 Å². The SMILES string of the molecule is CCCC[C@@H]1CN(c2ccccc2)c2cc(Nc3ccccc3F)c(Br)cc2S(=O)(=O)N1C. The molecule has 3 aromatic rings. The first kappa shape index (κ1) is 23.7. The summed E-state index contributed by atoms with van der Waals surface area (Å²) in [6, 6.07) is 19.4. The highest BCUT2D eigenvalue weighted by Crippen LogP contribution is 2.42. The number of unbranched alkanes of at least 4 members (excludes halogenated alkanes) is 1. The van der Waals surface area contributed by atoms with Crippen LogP contribution in [0.3, 0.4) is 0 Å². The molecule has 33 heavy (non-hydrogen) atoms. The van der Waals surface area contributed by atoms with Gasteiger partial charge in [0, 0.05) is 29.8 Å². The lowest BCUT2D eigenvalue weighted by Crippen LogP contribution is -2.40. The molecule has 3 aromatic carbocycles. The van der Waals surface area contributed by atoms with E-state index in [1.54, 1.807) is 37.4 Å². The average molecular weight is 532 g/mol. The highest BCUT2D eigenvalue weighted by molar-refractivity contribution is 9.10. The van der Waals surface area contributed by atoms with E-state index in [1.807, 2.05) is 30.3 Å². The third kappa shape index (κ3) is 4.78. The second kappa shape index (κ2) is 9.83. The maximum atomic E-state index is 14.3. The van der Waals surface area contributed by atoms with E-state index in [-0.39, 0.29) is 16.8 Å². The van der Waals surface area contributed by atoms with Crippen LogP contribution < -0.4 is 10.2 Å². The van der Waals surface area contributed by atoms with Crippen molar-refractivity contribution >= 4 is 48.7 Å². The predicted octanol–water partition coefficient (Wildman–Crippen LogP) is 6.66. The van der Waals surface area contributed by atoms with Gasteiger partial charge in [-0.25, -0.2) is 12.8 Å². The van der Waals surface area contributed by atoms with Crippen LogP contribution in [0.15, 0.2) is 76.1 Å². The summed E-state index contributed by atoms with van der Waals surface area (Å²) in [6.45, 7) is 2.63. The normalized spacial score (nSPS) is 17.9. The van der Waals surface area contributed by atoms with E-state index in [2.05, 4.69) is 33.1 Å². The van der Waals surface area contributed by atoms with Crippen LogP contribution in [0, 0.1) is 5.82 Å². The van der Waals surface area contributed by atoms with Gasteiger partial charge in [0.2, 0.25) is 10.0 Å². The Morgan fingerprint density at radius 3 is 2.45 bits per heavy atom. The largest absolute Gasteiger partial charge is 0.352 e. The second-order valence-corrected chi connectivity index (χ2v) is 11.0. The number of nitrogens with zero attached hydrogens (tertiary/aromatic N) is 2. The van der Waals surface area contributed by atoms with Crippen LogP contribution in [0.2, 0.25) is 0 Å². The van der Waals surface area contributed by atoms with E-state index >= 15 is 0 Å². The number of sulfonamides is 1. The number of para-hydroxylation sites is 2. The van der Waals surface area contributed by atoms with Gasteiger partial charge in [-0.15, -0.1) is 0 Å². The fourth-order valence-electron chi connectivity index (χ4n) is 4.11. The summed E-state index contributed by atoms with van der Waals surface area (Å²) in [7, 11) is -2.08. The Labute approximate surface area is 203 Å². The number of hydrogen-bond donors (Lipinski definition) is 1. The number of benzene rings is 3. The molecule has 1 aliphatic rings. The van der Waals surface area contributed by atoms with E-state index < -0.39 is 10.0 Å². The molecular weight excluding hydrogens is 505 g/mol. The van der Waals surface area contributed by atoms with Crippen molar-refractivity contribution in [3.05, 3.63) is 77.0 Å². The third-order valence-electron chi connectivity index (χ3n) is 6.01. The summed E-state index contributed by atoms with van der Waals surface area (Å²) in [5.74, 6) is -0.383. The lowest BCUT2D eigenvalue weighted by molar-refractivity contribution is 0.351. The van der Waals surface area contributed by atoms with Crippen LogP contribution in [0.1, 0.15) is 26.2 Å². The standard InChI is InChI=1S/C25H27BrFN3O2S/c1-3-4-10-19-17-30(18-11-6-5-7-12-18)24-16-23(28-22-14-9-8-13-21(22)27)20(26)15-25(24)33(31,32)29(19)2/h5-9,11-16,19,28H,3-4,10,17H2,1-2H3/t19-/m1/s1. The van der Waals surface area contributed by atoms with E-state index in [0.29, 0.717) is 28.1 Å². The Morgan fingerprint density at radius 1 is 1.06 bits per heavy atom. The molecule has 0 aliphatic carbocycles. The lowest BCUT2D eigenvalue weighted by Gasteiger charge is -2.29. The molecule has 0 saturated carbocycles. The van der Waals surface area contributed by atoms with Crippen LogP contribution in [0.5, 0.6) is 0 Å². The molecule has 0 fully saturated rings. The smallest absolute Gasteiger partial charge is 0.245 e. The van der Waals surface area contributed by atoms with Crippen molar-refractivity contribution in [1.82, 2.24) is 4.31 Å². The van der Waals surface area contributed by atoms with Gasteiger partial charge in [-0.2, -0.15) is 4.31 Å². The molecule has 4 rings (SSSR count). The zero-order chi connectivity index (χ0) is 23.6. The van der Waals surface area contributed by atoms with Gasteiger partial charge < -0.3 is 10.2 Å². The molecule has 5 nitrogen and oxygen atoms in total. The highest BCUT2D eigenvalue weighted by Gasteiger charge is 2.37. The summed E-state index contributed by atoms with van der Waals surface area (Å²) in [5.41, 5.74) is 2.38. The Morgan fingerprint density at radius 2 is 1.76 bits per heavy atom. The Kier molecular flexibility index (Phi) is 7.07. The molecular formula is C25H27BrFN3O2S. The molecule has 0 saturated heterocycles. The van der Waals surface area contributed by atoms with Gasteiger partial charge >= 0.3 is 0 Å². The summed E-state index contributed by atoms with van der Waals surface area (Å²) >= 11 is 3.50. The lowest BCUT2D eigenvalue weighted by atomic mass is 10.1. The number of likely N-dealkylation sites (N-methyl/N-ethyl adjacent to an activating group) is 1. The van der Waals surface area contributed by atoms with Crippen LogP contribution in [-0.2, 0) is 10.0 Å². The fraction of sp³-hybridized carbons (Fsp3) is 0.280. The van der Waals surface area contributed by atoms with Crippen molar-refractivity contribution in [3.8, 4) is 0 Å². The number of hydrogen-bond acceptors (Lipinski definition) is 4. The van der Waals surface area contributed by atoms with E-state index in [1.165, 1.54) is 10.4 Å². The summed E-state index contributed by atoms with van der Waals surface area (Å²) in [6.07, 6.45) is 2.70. The topological polar surface area (TPSA) is 52.7 Å². The molecule has 0 bridgehead atoms. The minimum absolute atomic E-state index is 0.177. The molecule has 1 atom stereocenters. The summed E-state index contributed by atoms with van der Waals surface area (Å²) in [4.78, 5) is 2.27. The third-order valence-corrected chi connectivity index (χ3v) is 8.60. The zero-order valence-corrected chi connectivity index (χ0v) is 21.0. The van der Waals surface area contributed by atoms with Gasteiger partial charge in [-0.3, -0.25) is 0 Å². The Bertz CT molecular complexity index is 1240. The Hall–Kier alpha value is -2.42. The van der Waals surface area contributed by atoms with E-state index in [0.717, 1.165) is 24.9 Å². The minimum Gasteiger partial charge on any atom is -0.352 e. The molecule has 1 aliphatic heterocycles. The fourth-order valence-corrected chi connectivity index (χ4v) is 6.27. The minimum atomic E-state index is -3.74. The molecule has 0 unspecified atom stereocenters. The maximum absolute atomic E-state index is 14.3. The van der Waals surface area contributed by atoms with Gasteiger partial charge in [0.05, 0.1) is 17.1 Å². The van der Waals surface area contributed by atoms with Gasteiger partial charge in [-0.1, -0.05) is 50.1 Å². The molecule has 1 heterocycles.